The number of carbonyl (C=O) groups is 12. The average Bonchev–Trinajstić information content (AvgIpc) is 1.64. The van der Waals surface area contributed by atoms with E-state index in [1.807, 2.05) is 187 Å². The van der Waals surface area contributed by atoms with Crippen LogP contribution in [0.1, 0.15) is 130 Å². The molecule has 0 bridgehead atoms. The summed E-state index contributed by atoms with van der Waals surface area (Å²) in [4.78, 5) is 159. The molecule has 10 N–H and O–H groups in total. The first-order valence-corrected chi connectivity index (χ1v) is 38.3. The van der Waals surface area contributed by atoms with Gasteiger partial charge in [0, 0.05) is 39.0 Å². The van der Waals surface area contributed by atoms with Crippen molar-refractivity contribution in [2.75, 3.05) is 78.9 Å². The maximum absolute atomic E-state index is 14.1. The van der Waals surface area contributed by atoms with Gasteiger partial charge in [0.15, 0.2) is 11.6 Å². The number of carbonyl (C=O) groups excluding carboxylic acids is 10. The van der Waals surface area contributed by atoms with Crippen molar-refractivity contribution in [2.45, 2.75) is 193 Å². The Kier molecular flexibility index (Phi) is 36.7. The molecule has 10 atom stereocenters. The van der Waals surface area contributed by atoms with Crippen LogP contribution in [0, 0.1) is 23.7 Å². The van der Waals surface area contributed by atoms with Gasteiger partial charge in [-0.1, -0.05) is 177 Å². The molecule has 0 aliphatic carbocycles. The third-order valence-electron chi connectivity index (χ3n) is 18.9. The van der Waals surface area contributed by atoms with Gasteiger partial charge in [-0.3, -0.25) is 57.7 Å². The van der Waals surface area contributed by atoms with Crippen molar-refractivity contribution in [1.29, 1.82) is 0 Å². The lowest BCUT2D eigenvalue weighted by Crippen LogP contribution is -2.59. The van der Waals surface area contributed by atoms with Gasteiger partial charge in [-0.2, -0.15) is 0 Å². The molecule has 0 radical (unpaired) electrons. The molecule has 28 heteroatoms. The number of Topliss-reactive ketones (excluding diaryl/α,β-unsaturated/α-hetero) is 2. The van der Waals surface area contributed by atoms with Gasteiger partial charge >= 0.3 is 11.9 Å². The summed E-state index contributed by atoms with van der Waals surface area (Å²) in [6, 6.07) is 30.6. The number of aryl methyl sites for hydroxylation is 2. The first kappa shape index (κ1) is 89.6. The topological polar surface area (TPSA) is 392 Å². The number of morpholine rings is 2. The molecule has 110 heavy (non-hydrogen) atoms. The van der Waals surface area contributed by atoms with E-state index in [4.69, 9.17) is 38.7 Å². The highest BCUT2D eigenvalue weighted by Gasteiger charge is 2.51. The second-order valence-corrected chi connectivity index (χ2v) is 30.7. The molecule has 4 fully saturated rings. The Bertz CT molecular complexity index is 3390. The maximum Gasteiger partial charge on any atom is 0.414 e. The zero-order chi connectivity index (χ0) is 80.5. The summed E-state index contributed by atoms with van der Waals surface area (Å²) < 4.78 is 21.6. The number of ketones is 2. The molecule has 602 valence electrons. The summed E-state index contributed by atoms with van der Waals surface area (Å²) in [5.74, 6) is -7.31. The van der Waals surface area contributed by atoms with Crippen LogP contribution >= 0.6 is 0 Å². The number of nitrogens with zero attached hydrogens (tertiary/aromatic N) is 2. The van der Waals surface area contributed by atoms with Crippen LogP contribution in [-0.2, 0) is 102 Å². The van der Waals surface area contributed by atoms with Crippen molar-refractivity contribution in [3.05, 3.63) is 144 Å². The van der Waals surface area contributed by atoms with E-state index in [0.29, 0.717) is 117 Å². The zero-order valence-electron chi connectivity index (χ0n) is 65.4. The van der Waals surface area contributed by atoms with Crippen molar-refractivity contribution in [2.24, 2.45) is 23.7 Å². The van der Waals surface area contributed by atoms with Crippen LogP contribution in [0.3, 0.4) is 0 Å². The number of hydrogen-bond acceptors (Lipinski definition) is 18. The Morgan fingerprint density at radius 3 is 0.873 bits per heavy atom. The molecule has 8 amide bonds. The molecule has 0 aromatic heterocycles. The lowest BCUT2D eigenvalue weighted by Gasteiger charge is -2.29. The summed E-state index contributed by atoms with van der Waals surface area (Å²) in [6.07, 6.45) is 3.52. The van der Waals surface area contributed by atoms with E-state index < -0.39 is 107 Å². The SMILES string of the molecule is CC(C)CC(NC(=O)C(CCc1ccccc1)NC(=O)CN1CCOCC1)C(=O)NC(Cc1ccccc1)C(=O)NC(CC(C)C)C(=O)C1(C)CO1.CC(C)CC(NC(=O)C(CCc1ccccc1)NC(=O)CN1CCOCC1)C(=O)NC(Cc1ccccc1)C(=O)NC(CC(C)C)C(=O)C1(C)CO1.O=C(O)C(=O)O. The Hall–Kier alpha value is -9.32. The summed E-state index contributed by atoms with van der Waals surface area (Å²) in [7, 11) is 0. The van der Waals surface area contributed by atoms with Gasteiger partial charge in [-0.15, -0.1) is 0 Å². The largest absolute Gasteiger partial charge is 0.473 e. The standard InChI is InChI=1S/2C40H57N5O7.C2H2O4/c2*1-27(2)22-32(36(47)40(5)26-52-40)42-39(50)34(24-30-14-10-7-11-15-30)44-38(49)33(23-28(3)4)43-37(48)31(17-16-29-12-8-6-9-13-29)41-35(46)25-45-18-20-51-21-19-45;3-1(4)2(5)6/h2*6-15,27-28,31-34H,16-26H2,1-5H3,(H,41,46)(H,42,50)(H,43,48)(H,44,49);(H,3,4)(H,5,6). The normalized spacial score (nSPS) is 18.9. The molecular formula is C82H116N10O18. The lowest BCUT2D eigenvalue weighted by atomic mass is 9.93. The Morgan fingerprint density at radius 2 is 0.600 bits per heavy atom. The average molecular weight is 1530 g/mol. The van der Waals surface area contributed by atoms with Crippen LogP contribution in [0.2, 0.25) is 0 Å². The van der Waals surface area contributed by atoms with Crippen molar-refractivity contribution in [1.82, 2.24) is 52.3 Å². The third kappa shape index (κ3) is 32.3. The number of aliphatic carboxylic acids is 2. The smallest absolute Gasteiger partial charge is 0.414 e. The van der Waals surface area contributed by atoms with Crippen LogP contribution in [-0.4, -0.2) is 229 Å². The number of epoxide rings is 2. The maximum atomic E-state index is 14.1. The number of ether oxygens (including phenoxy) is 4. The fourth-order valence-electron chi connectivity index (χ4n) is 12.7. The summed E-state index contributed by atoms with van der Waals surface area (Å²) in [5.41, 5.74) is 1.83. The van der Waals surface area contributed by atoms with Gasteiger partial charge in [-0.25, -0.2) is 9.59 Å². The molecule has 0 saturated carbocycles. The fraction of sp³-hybridized carbons (Fsp3) is 0.561. The Balaban J connectivity index is 0.000000319. The van der Waals surface area contributed by atoms with E-state index >= 15 is 0 Å². The van der Waals surface area contributed by atoms with Crippen LogP contribution in [0.4, 0.5) is 0 Å². The summed E-state index contributed by atoms with van der Waals surface area (Å²) in [6.45, 7) is 24.7. The molecule has 4 aromatic rings. The third-order valence-corrected chi connectivity index (χ3v) is 18.9. The van der Waals surface area contributed by atoms with Crippen molar-refractivity contribution in [3.8, 4) is 0 Å². The second-order valence-electron chi connectivity index (χ2n) is 30.7. The number of benzene rings is 4. The quantitative estimate of drug-likeness (QED) is 0.0219. The van der Waals surface area contributed by atoms with E-state index in [1.54, 1.807) is 13.8 Å². The van der Waals surface area contributed by atoms with Gasteiger partial charge < -0.3 is 71.7 Å². The van der Waals surface area contributed by atoms with Crippen molar-refractivity contribution < 1.29 is 86.7 Å². The van der Waals surface area contributed by atoms with Crippen LogP contribution < -0.4 is 42.5 Å². The van der Waals surface area contributed by atoms with Gasteiger partial charge in [0.25, 0.3) is 0 Å². The molecule has 0 spiro atoms. The van der Waals surface area contributed by atoms with Gasteiger partial charge in [0.1, 0.15) is 47.5 Å². The van der Waals surface area contributed by atoms with E-state index in [0.717, 1.165) is 22.3 Å². The highest BCUT2D eigenvalue weighted by atomic mass is 16.6. The number of amides is 8. The summed E-state index contributed by atoms with van der Waals surface area (Å²) >= 11 is 0. The minimum Gasteiger partial charge on any atom is -0.473 e. The van der Waals surface area contributed by atoms with E-state index in [1.165, 1.54) is 0 Å². The molecule has 28 nitrogen and oxygen atoms in total. The molecule has 4 aliphatic heterocycles. The van der Waals surface area contributed by atoms with Crippen molar-refractivity contribution >= 4 is 70.8 Å². The lowest BCUT2D eigenvalue weighted by molar-refractivity contribution is -0.159. The predicted octanol–water partition coefficient (Wildman–Crippen LogP) is 4.32. The van der Waals surface area contributed by atoms with E-state index in [-0.39, 0.29) is 73.0 Å². The van der Waals surface area contributed by atoms with Gasteiger partial charge in [0.2, 0.25) is 47.3 Å². The number of hydrogen-bond donors (Lipinski definition) is 10. The highest BCUT2D eigenvalue weighted by molar-refractivity contribution is 6.27. The van der Waals surface area contributed by atoms with E-state index in [9.17, 15) is 47.9 Å². The molecule has 4 aliphatic rings. The molecule has 4 saturated heterocycles. The molecule has 8 rings (SSSR count). The minimum atomic E-state index is -1.82. The Morgan fingerprint density at radius 1 is 0.355 bits per heavy atom. The number of rotatable bonds is 40. The van der Waals surface area contributed by atoms with Crippen LogP contribution in [0.15, 0.2) is 121 Å². The fourth-order valence-corrected chi connectivity index (χ4v) is 12.7. The minimum absolute atomic E-state index is 0.0171. The second kappa shape index (κ2) is 45.1. The first-order valence-electron chi connectivity index (χ1n) is 38.3. The monoisotopic (exact) mass is 1530 g/mol. The van der Waals surface area contributed by atoms with Crippen LogP contribution in [0.5, 0.6) is 0 Å². The molecule has 10 unspecified atom stereocenters. The zero-order valence-corrected chi connectivity index (χ0v) is 65.4. The molecule has 4 aromatic carbocycles. The Labute approximate surface area is 646 Å². The van der Waals surface area contributed by atoms with Crippen molar-refractivity contribution in [3.63, 3.8) is 0 Å². The van der Waals surface area contributed by atoms with E-state index in [2.05, 4.69) is 42.5 Å². The number of nitrogens with one attached hydrogen (secondary N) is 8. The molecular weight excluding hydrogens is 1410 g/mol. The van der Waals surface area contributed by atoms with Gasteiger partial charge in [-0.05, 0) is 111 Å². The van der Waals surface area contributed by atoms with Gasteiger partial charge in [0.05, 0.1) is 64.8 Å². The summed E-state index contributed by atoms with van der Waals surface area (Å²) in [5, 5.41) is 38.1. The van der Waals surface area contributed by atoms with Crippen LogP contribution in [0.25, 0.3) is 0 Å². The first-order chi connectivity index (χ1) is 52.3. The number of carboxylic acids is 2. The number of carboxylic acid groups (broad SMARTS) is 2. The highest BCUT2D eigenvalue weighted by Crippen LogP contribution is 2.31. The predicted molar refractivity (Wildman–Crippen MR) is 412 cm³/mol. The molecule has 4 heterocycles.